The summed E-state index contributed by atoms with van der Waals surface area (Å²) in [5.74, 6) is -0.325. The van der Waals surface area contributed by atoms with Gasteiger partial charge < -0.3 is 5.32 Å². The fraction of sp³-hybridized carbons (Fsp3) is 0.0870. The second-order valence-electron chi connectivity index (χ2n) is 6.79. The molecule has 1 amide bonds. The first-order valence-corrected chi connectivity index (χ1v) is 9.31. The Morgan fingerprint density at radius 2 is 2.00 bits per heavy atom. The maximum atomic E-state index is 12.8. The van der Waals surface area contributed by atoms with Crippen molar-refractivity contribution in [1.29, 1.82) is 5.26 Å². The van der Waals surface area contributed by atoms with Crippen LogP contribution in [-0.4, -0.2) is 26.1 Å². The van der Waals surface area contributed by atoms with E-state index in [2.05, 4.69) is 31.6 Å². The topological polar surface area (TPSA) is 107 Å². The molecule has 2 N–H and O–H groups in total. The van der Waals surface area contributed by atoms with E-state index in [1.807, 2.05) is 49.4 Å². The van der Waals surface area contributed by atoms with E-state index >= 15 is 0 Å². The van der Waals surface area contributed by atoms with Crippen LogP contribution in [-0.2, 0) is 0 Å². The van der Waals surface area contributed by atoms with E-state index in [1.54, 1.807) is 19.2 Å². The predicted molar refractivity (Wildman–Crippen MR) is 116 cm³/mol. The Morgan fingerprint density at radius 1 is 1.13 bits per heavy atom. The molecule has 0 unspecified atom stereocenters. The first-order chi connectivity index (χ1) is 14.6. The lowest BCUT2D eigenvalue weighted by atomic mass is 10.0. The first kappa shape index (κ1) is 19.0. The minimum atomic E-state index is -0.325. The van der Waals surface area contributed by atoms with Gasteiger partial charge in [0.25, 0.3) is 5.91 Å². The van der Waals surface area contributed by atoms with E-state index in [9.17, 15) is 4.79 Å². The van der Waals surface area contributed by atoms with Crippen LogP contribution in [0.25, 0.3) is 23.1 Å². The summed E-state index contributed by atoms with van der Waals surface area (Å²) < 4.78 is 0. The van der Waals surface area contributed by atoms with Gasteiger partial charge in [-0.15, -0.1) is 0 Å². The third-order valence-electron chi connectivity index (χ3n) is 4.93. The minimum Gasteiger partial charge on any atom is -0.321 e. The molecule has 4 rings (SSSR count). The number of hydrogen-bond acceptors (Lipinski definition) is 5. The fourth-order valence-corrected chi connectivity index (χ4v) is 3.11. The number of nitrogens with zero attached hydrogens (tertiary/aromatic N) is 4. The molecular weight excluding hydrogens is 376 g/mol. The molecular formula is C23H18N6O. The normalized spacial score (nSPS) is 11.0. The zero-order valence-corrected chi connectivity index (χ0v) is 16.5. The SMILES string of the molecule is Cc1c(C#N)cnc(C(=O)Nc2ccc3n[nH]c(/C=C/c4ccccn4)c3c2)c1C. The smallest absolute Gasteiger partial charge is 0.274 e. The molecule has 3 aromatic heterocycles. The monoisotopic (exact) mass is 394 g/mol. The van der Waals surface area contributed by atoms with Gasteiger partial charge in [0.2, 0.25) is 0 Å². The Morgan fingerprint density at radius 3 is 2.77 bits per heavy atom. The van der Waals surface area contributed by atoms with Crippen LogP contribution >= 0.6 is 0 Å². The van der Waals surface area contributed by atoms with E-state index in [-0.39, 0.29) is 5.91 Å². The van der Waals surface area contributed by atoms with E-state index < -0.39 is 0 Å². The molecule has 0 aliphatic rings. The summed E-state index contributed by atoms with van der Waals surface area (Å²) in [6, 6.07) is 13.3. The molecule has 0 atom stereocenters. The average Bonchev–Trinajstić information content (AvgIpc) is 3.17. The molecule has 3 heterocycles. The molecule has 7 heteroatoms. The molecule has 146 valence electrons. The summed E-state index contributed by atoms with van der Waals surface area (Å²) in [6.45, 7) is 3.60. The highest BCUT2D eigenvalue weighted by molar-refractivity contribution is 6.05. The molecule has 0 bridgehead atoms. The van der Waals surface area contributed by atoms with Crippen molar-refractivity contribution < 1.29 is 4.79 Å². The summed E-state index contributed by atoms with van der Waals surface area (Å²) in [4.78, 5) is 21.2. The highest BCUT2D eigenvalue weighted by Crippen LogP contribution is 2.23. The molecule has 30 heavy (non-hydrogen) atoms. The van der Waals surface area contributed by atoms with Gasteiger partial charge in [-0.3, -0.25) is 14.9 Å². The number of hydrogen-bond donors (Lipinski definition) is 2. The van der Waals surface area contributed by atoms with Crippen molar-refractivity contribution in [3.05, 3.63) is 82.6 Å². The van der Waals surface area contributed by atoms with Crippen LogP contribution in [0.15, 0.2) is 48.8 Å². The quantitative estimate of drug-likeness (QED) is 0.538. The maximum absolute atomic E-state index is 12.8. The van der Waals surface area contributed by atoms with Crippen LogP contribution in [0.4, 0.5) is 5.69 Å². The van der Waals surface area contributed by atoms with Gasteiger partial charge in [0.1, 0.15) is 11.8 Å². The largest absolute Gasteiger partial charge is 0.321 e. The number of pyridine rings is 2. The van der Waals surface area contributed by atoms with Crippen LogP contribution in [0.2, 0.25) is 0 Å². The fourth-order valence-electron chi connectivity index (χ4n) is 3.11. The van der Waals surface area contributed by atoms with Crippen molar-refractivity contribution in [3.63, 3.8) is 0 Å². The predicted octanol–water partition coefficient (Wildman–Crippen LogP) is 4.26. The van der Waals surface area contributed by atoms with Gasteiger partial charge >= 0.3 is 0 Å². The Balaban J connectivity index is 1.61. The highest BCUT2D eigenvalue weighted by atomic mass is 16.1. The van der Waals surface area contributed by atoms with Gasteiger partial charge in [0, 0.05) is 23.5 Å². The number of H-pyrrole nitrogens is 1. The summed E-state index contributed by atoms with van der Waals surface area (Å²) in [6.07, 6.45) is 6.96. The number of benzene rings is 1. The molecule has 0 spiro atoms. The third-order valence-corrected chi connectivity index (χ3v) is 4.93. The molecule has 0 saturated carbocycles. The number of nitriles is 1. The van der Waals surface area contributed by atoms with Crippen molar-refractivity contribution >= 4 is 34.6 Å². The van der Waals surface area contributed by atoms with Crippen molar-refractivity contribution in [2.45, 2.75) is 13.8 Å². The summed E-state index contributed by atoms with van der Waals surface area (Å²) in [7, 11) is 0. The van der Waals surface area contributed by atoms with Gasteiger partial charge in [-0.2, -0.15) is 10.4 Å². The molecule has 0 aliphatic heterocycles. The van der Waals surface area contributed by atoms with Crippen molar-refractivity contribution in [1.82, 2.24) is 20.2 Å². The van der Waals surface area contributed by atoms with Crippen molar-refractivity contribution in [3.8, 4) is 6.07 Å². The number of rotatable bonds is 4. The zero-order chi connectivity index (χ0) is 21.1. The molecule has 1 aromatic carbocycles. The Hall–Kier alpha value is -4.31. The van der Waals surface area contributed by atoms with E-state index in [1.165, 1.54) is 6.20 Å². The molecule has 7 nitrogen and oxygen atoms in total. The molecule has 4 aromatic rings. The summed E-state index contributed by atoms with van der Waals surface area (Å²) >= 11 is 0. The van der Waals surface area contributed by atoms with Crippen LogP contribution in [0.1, 0.15) is 38.6 Å². The minimum absolute atomic E-state index is 0.300. The Labute approximate surface area is 173 Å². The lowest BCUT2D eigenvalue weighted by Gasteiger charge is -2.10. The molecule has 0 saturated heterocycles. The zero-order valence-electron chi connectivity index (χ0n) is 16.5. The second-order valence-corrected chi connectivity index (χ2v) is 6.79. The molecule has 0 radical (unpaired) electrons. The van der Waals surface area contributed by atoms with Crippen LogP contribution < -0.4 is 5.32 Å². The van der Waals surface area contributed by atoms with Crippen LogP contribution in [0, 0.1) is 25.2 Å². The first-order valence-electron chi connectivity index (χ1n) is 9.31. The summed E-state index contributed by atoms with van der Waals surface area (Å²) in [5.41, 5.74) is 5.28. The number of nitrogens with one attached hydrogen (secondary N) is 2. The number of fused-ring (bicyclic) bond motifs is 1. The van der Waals surface area contributed by atoms with E-state index in [0.717, 1.165) is 27.9 Å². The van der Waals surface area contributed by atoms with Crippen LogP contribution in [0.3, 0.4) is 0 Å². The molecule has 0 fully saturated rings. The van der Waals surface area contributed by atoms with Gasteiger partial charge in [0.05, 0.1) is 22.5 Å². The average molecular weight is 394 g/mol. The molecule has 0 aliphatic carbocycles. The van der Waals surface area contributed by atoms with Crippen molar-refractivity contribution in [2.24, 2.45) is 0 Å². The number of carbonyl (C=O) groups excluding carboxylic acids is 1. The standard InChI is InChI=1S/C23H18N6O/c1-14-15(2)22(26-13-16(14)12-24)23(30)27-18-7-9-21-19(11-18)20(28-29-21)8-6-17-5-3-4-10-25-17/h3-11,13H,1-2H3,(H,27,30)(H,28,29)/b8-6+. The summed E-state index contributed by atoms with van der Waals surface area (Å²) in [5, 5.41) is 20.2. The number of aromatic amines is 1. The second kappa shape index (κ2) is 7.97. The number of carbonyl (C=O) groups is 1. The van der Waals surface area contributed by atoms with Crippen molar-refractivity contribution in [2.75, 3.05) is 5.32 Å². The van der Waals surface area contributed by atoms with Gasteiger partial charge in [-0.25, -0.2) is 4.98 Å². The third kappa shape index (κ3) is 3.66. The lowest BCUT2D eigenvalue weighted by Crippen LogP contribution is -2.16. The Kier molecular flexibility index (Phi) is 5.06. The highest BCUT2D eigenvalue weighted by Gasteiger charge is 2.15. The Bertz CT molecular complexity index is 1320. The van der Waals surface area contributed by atoms with E-state index in [0.29, 0.717) is 22.5 Å². The number of amides is 1. The number of aromatic nitrogens is 4. The maximum Gasteiger partial charge on any atom is 0.274 e. The number of anilines is 1. The van der Waals surface area contributed by atoms with Gasteiger partial charge in [-0.05, 0) is 67.5 Å². The lowest BCUT2D eigenvalue weighted by molar-refractivity contribution is 0.102. The van der Waals surface area contributed by atoms with Crippen LogP contribution in [0.5, 0.6) is 0 Å². The van der Waals surface area contributed by atoms with Gasteiger partial charge in [-0.1, -0.05) is 6.07 Å². The van der Waals surface area contributed by atoms with E-state index in [4.69, 9.17) is 5.26 Å². The van der Waals surface area contributed by atoms with Gasteiger partial charge in [0.15, 0.2) is 0 Å².